The molecule has 4 heterocycles. The third-order valence-corrected chi connectivity index (χ3v) is 8.13. The summed E-state index contributed by atoms with van der Waals surface area (Å²) in [5.74, 6) is 2.89. The first-order chi connectivity index (χ1) is 22.3. The Labute approximate surface area is 275 Å². The summed E-state index contributed by atoms with van der Waals surface area (Å²) in [5, 5.41) is 0. The highest BCUT2D eigenvalue weighted by Crippen LogP contribution is 2.35. The maximum atomic E-state index is 12.8. The van der Waals surface area contributed by atoms with Crippen LogP contribution in [0, 0.1) is 0 Å². The van der Waals surface area contributed by atoms with Gasteiger partial charge in [-0.3, -0.25) is 9.80 Å². The minimum absolute atomic E-state index is 0.137. The van der Waals surface area contributed by atoms with Crippen LogP contribution < -0.4 is 4.74 Å². The normalized spacial score (nSPS) is 18.4. The molecule has 2 atom stereocenters. The first-order valence-corrected chi connectivity index (χ1v) is 16.3. The van der Waals surface area contributed by atoms with Gasteiger partial charge in [0, 0.05) is 18.7 Å². The van der Waals surface area contributed by atoms with Gasteiger partial charge in [-0.1, -0.05) is 12.1 Å². The number of ether oxygens (including phenoxy) is 3. The zero-order chi connectivity index (χ0) is 33.3. The van der Waals surface area contributed by atoms with Crippen molar-refractivity contribution in [3.8, 4) is 34.0 Å². The number of carbonyl (C=O) groups is 2. The van der Waals surface area contributed by atoms with Crippen LogP contribution in [-0.4, -0.2) is 66.2 Å². The number of aromatic amines is 2. The molecule has 0 radical (unpaired) electrons. The van der Waals surface area contributed by atoms with E-state index in [1.54, 1.807) is 22.2 Å². The number of H-pyrrole nitrogens is 2. The summed E-state index contributed by atoms with van der Waals surface area (Å²) in [7, 11) is 0. The lowest BCUT2D eigenvalue weighted by molar-refractivity contribution is 0.0208. The Morgan fingerprint density at radius 2 is 1.21 bits per heavy atom. The molecule has 6 rings (SSSR count). The molecular formula is C36H44N6O5. The highest BCUT2D eigenvalue weighted by atomic mass is 16.6. The van der Waals surface area contributed by atoms with Crippen LogP contribution in [0.4, 0.5) is 9.59 Å². The van der Waals surface area contributed by atoms with E-state index in [0.29, 0.717) is 24.6 Å². The molecule has 2 aromatic heterocycles. The summed E-state index contributed by atoms with van der Waals surface area (Å²) in [6, 6.07) is 15.3. The average Bonchev–Trinajstić information content (AvgIpc) is 3.82. The summed E-state index contributed by atoms with van der Waals surface area (Å²) in [4.78, 5) is 45.2. The van der Waals surface area contributed by atoms with Gasteiger partial charge < -0.3 is 24.2 Å². The van der Waals surface area contributed by atoms with Gasteiger partial charge in [0.2, 0.25) is 0 Å². The van der Waals surface area contributed by atoms with Gasteiger partial charge >= 0.3 is 12.2 Å². The van der Waals surface area contributed by atoms with E-state index in [4.69, 9.17) is 14.2 Å². The Morgan fingerprint density at radius 3 is 1.72 bits per heavy atom. The van der Waals surface area contributed by atoms with Crippen LogP contribution in [0.25, 0.3) is 22.5 Å². The van der Waals surface area contributed by atoms with Crippen molar-refractivity contribution in [2.45, 2.75) is 90.5 Å². The minimum atomic E-state index is -0.552. The number of nitrogens with one attached hydrogen (secondary N) is 2. The maximum absolute atomic E-state index is 12.8. The fraction of sp³-hybridized carbons (Fsp3) is 0.444. The molecule has 0 bridgehead atoms. The number of carbonyl (C=O) groups excluding carboxylic acids is 2. The molecule has 248 valence electrons. The third kappa shape index (κ3) is 7.61. The molecule has 2 aliphatic heterocycles. The number of hydrogen-bond donors (Lipinski definition) is 2. The number of imidazole rings is 2. The molecule has 2 fully saturated rings. The SMILES string of the molecule is CC(C)(C)OC(=O)N1CCCC1c1ncc(-c2ccc(Oc3cccc(-c4cnc([C@@H]5CCCN5C(=O)OC(C)(C)C)[nH]4)c3)cc2)[nH]1. The van der Waals surface area contributed by atoms with Crippen molar-refractivity contribution in [1.82, 2.24) is 29.7 Å². The van der Waals surface area contributed by atoms with Crippen molar-refractivity contribution in [1.29, 1.82) is 0 Å². The van der Waals surface area contributed by atoms with Crippen LogP contribution in [0.1, 0.15) is 91.0 Å². The fourth-order valence-electron chi connectivity index (χ4n) is 6.05. The van der Waals surface area contributed by atoms with Crippen LogP contribution >= 0.6 is 0 Å². The summed E-state index contributed by atoms with van der Waals surface area (Å²) < 4.78 is 17.5. The monoisotopic (exact) mass is 640 g/mol. The predicted molar refractivity (Wildman–Crippen MR) is 178 cm³/mol. The molecule has 0 aliphatic carbocycles. The molecule has 1 unspecified atom stereocenters. The quantitative estimate of drug-likeness (QED) is 0.217. The standard InChI is InChI=1S/C36H44N6O5/c1-35(2,3)46-33(43)41-18-8-12-29(41)31-37-21-27(39-31)23-14-16-25(17-15-23)45-26-11-7-10-24(20-26)28-22-38-32(40-28)30-13-9-19-42(30)34(44)47-36(4,5)6/h7,10-11,14-17,20-22,29-30H,8-9,12-13,18-19H2,1-6H3,(H,37,39)(H,38,40)/t29?,30-/m0/s1. The molecule has 2 saturated heterocycles. The van der Waals surface area contributed by atoms with E-state index in [0.717, 1.165) is 59.8 Å². The Kier molecular flexibility index (Phi) is 8.74. The highest BCUT2D eigenvalue weighted by Gasteiger charge is 2.36. The maximum Gasteiger partial charge on any atom is 0.410 e. The summed E-state index contributed by atoms with van der Waals surface area (Å²) >= 11 is 0. The smallest absolute Gasteiger partial charge is 0.410 e. The second-order valence-electron chi connectivity index (χ2n) is 14.2. The molecule has 2 amide bonds. The van der Waals surface area contributed by atoms with Gasteiger partial charge in [0.05, 0.1) is 35.9 Å². The van der Waals surface area contributed by atoms with Gasteiger partial charge in [-0.25, -0.2) is 19.6 Å². The fourth-order valence-corrected chi connectivity index (χ4v) is 6.05. The Bertz CT molecular complexity index is 1710. The van der Waals surface area contributed by atoms with Gasteiger partial charge in [0.1, 0.15) is 34.3 Å². The van der Waals surface area contributed by atoms with E-state index in [9.17, 15) is 9.59 Å². The number of rotatable bonds is 6. The lowest BCUT2D eigenvalue weighted by Gasteiger charge is -2.27. The third-order valence-electron chi connectivity index (χ3n) is 8.13. The number of likely N-dealkylation sites (tertiary alicyclic amines) is 2. The highest BCUT2D eigenvalue weighted by molar-refractivity contribution is 5.70. The molecule has 2 aliphatic rings. The van der Waals surface area contributed by atoms with E-state index < -0.39 is 11.2 Å². The summed E-state index contributed by atoms with van der Waals surface area (Å²) in [6.07, 6.45) is 6.45. The largest absolute Gasteiger partial charge is 0.457 e. The number of nitrogens with zero attached hydrogens (tertiary/aromatic N) is 4. The number of amides is 2. The topological polar surface area (TPSA) is 126 Å². The van der Waals surface area contributed by atoms with Gasteiger partial charge in [-0.2, -0.15) is 0 Å². The van der Waals surface area contributed by atoms with Crippen LogP contribution in [0.5, 0.6) is 11.5 Å². The second-order valence-corrected chi connectivity index (χ2v) is 14.2. The lowest BCUT2D eigenvalue weighted by atomic mass is 10.1. The van der Waals surface area contributed by atoms with Gasteiger partial charge in [-0.05, 0) is 109 Å². The van der Waals surface area contributed by atoms with Crippen LogP contribution in [-0.2, 0) is 9.47 Å². The summed E-state index contributed by atoms with van der Waals surface area (Å²) in [5.41, 5.74) is 2.51. The molecule has 47 heavy (non-hydrogen) atoms. The minimum Gasteiger partial charge on any atom is -0.457 e. The van der Waals surface area contributed by atoms with Crippen LogP contribution in [0.15, 0.2) is 60.9 Å². The van der Waals surface area contributed by atoms with E-state index in [1.807, 2.05) is 90.1 Å². The van der Waals surface area contributed by atoms with Gasteiger partial charge in [0.15, 0.2) is 0 Å². The van der Waals surface area contributed by atoms with E-state index in [1.165, 1.54) is 0 Å². The Morgan fingerprint density at radius 1 is 0.702 bits per heavy atom. The summed E-state index contributed by atoms with van der Waals surface area (Å²) in [6.45, 7) is 12.5. The number of hydrogen-bond acceptors (Lipinski definition) is 7. The molecule has 0 spiro atoms. The molecule has 11 nitrogen and oxygen atoms in total. The van der Waals surface area contributed by atoms with E-state index in [2.05, 4.69) is 19.9 Å². The van der Waals surface area contributed by atoms with Crippen molar-refractivity contribution in [2.24, 2.45) is 0 Å². The van der Waals surface area contributed by atoms with Crippen molar-refractivity contribution < 1.29 is 23.8 Å². The van der Waals surface area contributed by atoms with Crippen molar-refractivity contribution >= 4 is 12.2 Å². The van der Waals surface area contributed by atoms with Crippen LogP contribution in [0.2, 0.25) is 0 Å². The molecule has 2 aromatic carbocycles. The molecular weight excluding hydrogens is 596 g/mol. The zero-order valence-electron chi connectivity index (χ0n) is 28.0. The van der Waals surface area contributed by atoms with Crippen LogP contribution in [0.3, 0.4) is 0 Å². The first-order valence-electron chi connectivity index (χ1n) is 16.3. The van der Waals surface area contributed by atoms with Crippen molar-refractivity contribution in [2.75, 3.05) is 13.1 Å². The van der Waals surface area contributed by atoms with E-state index >= 15 is 0 Å². The number of aromatic nitrogens is 4. The molecule has 0 saturated carbocycles. The van der Waals surface area contributed by atoms with Gasteiger partial charge in [0.25, 0.3) is 0 Å². The lowest BCUT2D eigenvalue weighted by Crippen LogP contribution is -2.36. The molecule has 2 N–H and O–H groups in total. The Balaban J connectivity index is 1.10. The molecule has 4 aromatic rings. The Hall–Kier alpha value is -4.80. The van der Waals surface area contributed by atoms with Crippen molar-refractivity contribution in [3.05, 3.63) is 72.6 Å². The van der Waals surface area contributed by atoms with Gasteiger partial charge in [-0.15, -0.1) is 0 Å². The van der Waals surface area contributed by atoms with Crippen molar-refractivity contribution in [3.63, 3.8) is 0 Å². The zero-order valence-corrected chi connectivity index (χ0v) is 28.0. The number of benzene rings is 2. The van der Waals surface area contributed by atoms with E-state index in [-0.39, 0.29) is 24.3 Å². The second kappa shape index (κ2) is 12.8. The first kappa shape index (κ1) is 32.2. The average molecular weight is 641 g/mol. The molecule has 11 heteroatoms. The predicted octanol–water partition coefficient (Wildman–Crippen LogP) is 8.40.